The minimum Gasteiger partial charge on any atom is -0.324 e. The maximum atomic E-state index is 14.7. The molecule has 0 bridgehead atoms. The quantitative estimate of drug-likeness (QED) is 0.129. The third-order valence-electron chi connectivity index (χ3n) is 8.09. The molecule has 4 heteroatoms. The molecule has 0 atom stereocenters. The van der Waals surface area contributed by atoms with Crippen molar-refractivity contribution in [3.63, 3.8) is 0 Å². The predicted molar refractivity (Wildman–Crippen MR) is 153 cm³/mol. The molecule has 206 valence electrons. The van der Waals surface area contributed by atoms with E-state index in [2.05, 4.69) is 20.8 Å². The molecule has 0 unspecified atom stereocenters. The monoisotopic (exact) mass is 524 g/mol. The molecule has 0 saturated carbocycles. The zero-order valence-electron chi connectivity index (χ0n) is 23.5. The van der Waals surface area contributed by atoms with E-state index in [1.165, 1.54) is 55.7 Å². The van der Waals surface area contributed by atoms with Crippen LogP contribution < -0.4 is 0 Å². The molecule has 0 aromatic heterocycles. The van der Waals surface area contributed by atoms with E-state index in [4.69, 9.17) is 0 Å². The van der Waals surface area contributed by atoms with Crippen molar-refractivity contribution in [3.05, 3.63) is 107 Å². The molecule has 38 heavy (non-hydrogen) atoms. The van der Waals surface area contributed by atoms with Crippen molar-refractivity contribution < 1.29 is 17.7 Å². The molecule has 3 aromatic carbocycles. The van der Waals surface area contributed by atoms with E-state index in [0.29, 0.717) is 6.42 Å². The van der Waals surface area contributed by atoms with Crippen LogP contribution in [0.2, 0.25) is 0 Å². The van der Waals surface area contributed by atoms with Crippen molar-refractivity contribution in [1.82, 2.24) is 0 Å². The second kappa shape index (κ2) is 14.5. The highest BCUT2D eigenvalue weighted by atomic mass is 19.1. The van der Waals surface area contributed by atoms with E-state index in [1.54, 1.807) is 18.2 Å². The Labute approximate surface area is 228 Å². The third kappa shape index (κ3) is 7.50. The molecule has 0 aliphatic heterocycles. The first-order chi connectivity index (χ1) is 18.4. The van der Waals surface area contributed by atoms with Crippen molar-refractivity contribution in [2.75, 3.05) is 26.2 Å². The summed E-state index contributed by atoms with van der Waals surface area (Å²) in [6, 6.07) is 19.6. The van der Waals surface area contributed by atoms with E-state index in [9.17, 15) is 13.2 Å². The molecule has 0 aliphatic rings. The van der Waals surface area contributed by atoms with Gasteiger partial charge in [0.15, 0.2) is 0 Å². The molecule has 3 aromatic rings. The second-order valence-electron chi connectivity index (χ2n) is 10.8. The maximum absolute atomic E-state index is 14.7. The van der Waals surface area contributed by atoms with Crippen LogP contribution in [-0.2, 0) is 5.41 Å². The number of benzene rings is 3. The average Bonchev–Trinajstić information content (AvgIpc) is 2.92. The Bertz CT molecular complexity index is 993. The molecule has 1 nitrogen and oxygen atoms in total. The van der Waals surface area contributed by atoms with Gasteiger partial charge in [0.1, 0.15) is 17.5 Å². The van der Waals surface area contributed by atoms with Gasteiger partial charge >= 0.3 is 0 Å². The summed E-state index contributed by atoms with van der Waals surface area (Å²) in [5.74, 6) is -1.05. The lowest BCUT2D eigenvalue weighted by Crippen LogP contribution is -2.51. The maximum Gasteiger partial charge on any atom is 0.123 e. The van der Waals surface area contributed by atoms with Gasteiger partial charge in [-0.15, -0.1) is 0 Å². The normalized spacial score (nSPS) is 12.2. The smallest absolute Gasteiger partial charge is 0.123 e. The molecular formula is C34H45F3N+. The third-order valence-corrected chi connectivity index (χ3v) is 8.09. The molecule has 0 aliphatic carbocycles. The van der Waals surface area contributed by atoms with Crippen molar-refractivity contribution in [1.29, 1.82) is 0 Å². The first-order valence-corrected chi connectivity index (χ1v) is 14.5. The number of hydrogen-bond acceptors (Lipinski definition) is 0. The number of quaternary nitrogens is 1. The Kier molecular flexibility index (Phi) is 11.5. The van der Waals surface area contributed by atoms with Crippen molar-refractivity contribution in [3.8, 4) is 0 Å². The minimum atomic E-state index is -0.873. The van der Waals surface area contributed by atoms with Crippen LogP contribution in [0.1, 0.15) is 88.8 Å². The van der Waals surface area contributed by atoms with Gasteiger partial charge in [0.25, 0.3) is 0 Å². The van der Waals surface area contributed by atoms with E-state index >= 15 is 0 Å². The number of rotatable bonds is 16. The standard InChI is InChI=1S/C34H45F3N/c1-4-7-21-38(22-8-5-2,23-9-6-3)24-13-20-34(28-14-10-17-31(35)25-28,29-15-11-18-32(36)26-29)30-16-12-19-33(37)27-30/h10-12,14-19,25-27H,4-9,13,20-24H2,1-3H3/q+1. The Morgan fingerprint density at radius 2 is 0.868 bits per heavy atom. The fourth-order valence-corrected chi connectivity index (χ4v) is 6.03. The summed E-state index contributed by atoms with van der Waals surface area (Å²) >= 11 is 0. The molecule has 0 amide bonds. The van der Waals surface area contributed by atoms with Crippen molar-refractivity contribution >= 4 is 0 Å². The summed E-state index contributed by atoms with van der Waals surface area (Å²) in [4.78, 5) is 0. The van der Waals surface area contributed by atoms with Gasteiger partial charge in [-0.3, -0.25) is 0 Å². The van der Waals surface area contributed by atoms with Gasteiger partial charge in [-0.1, -0.05) is 76.4 Å². The van der Waals surface area contributed by atoms with Gasteiger partial charge in [0.2, 0.25) is 0 Å². The SMILES string of the molecule is CCCC[N+](CCCC)(CCCC)CCCC(c1cccc(F)c1)(c1cccc(F)c1)c1cccc(F)c1. The Morgan fingerprint density at radius 1 is 0.526 bits per heavy atom. The van der Waals surface area contributed by atoms with Gasteiger partial charge < -0.3 is 4.48 Å². The highest BCUT2D eigenvalue weighted by Gasteiger charge is 2.38. The van der Waals surface area contributed by atoms with E-state index in [0.717, 1.165) is 73.0 Å². The van der Waals surface area contributed by atoms with Gasteiger partial charge in [0.05, 0.1) is 26.2 Å². The molecule has 0 saturated heterocycles. The van der Waals surface area contributed by atoms with Crippen LogP contribution >= 0.6 is 0 Å². The molecule has 0 heterocycles. The molecule has 0 fully saturated rings. The van der Waals surface area contributed by atoms with Crippen molar-refractivity contribution in [2.45, 2.75) is 77.6 Å². The number of hydrogen-bond donors (Lipinski definition) is 0. The highest BCUT2D eigenvalue weighted by Crippen LogP contribution is 2.44. The van der Waals surface area contributed by atoms with Gasteiger partial charge in [-0.25, -0.2) is 13.2 Å². The Morgan fingerprint density at radius 3 is 1.18 bits per heavy atom. The summed E-state index contributed by atoms with van der Waals surface area (Å²) in [6.45, 7) is 11.2. The molecule has 0 N–H and O–H groups in total. The first-order valence-electron chi connectivity index (χ1n) is 14.5. The Hall–Kier alpha value is -2.59. The van der Waals surface area contributed by atoms with Crippen LogP contribution in [0.4, 0.5) is 13.2 Å². The van der Waals surface area contributed by atoms with Crippen LogP contribution in [0.25, 0.3) is 0 Å². The number of unbranched alkanes of at least 4 members (excludes halogenated alkanes) is 3. The van der Waals surface area contributed by atoms with Crippen molar-refractivity contribution in [2.24, 2.45) is 0 Å². The van der Waals surface area contributed by atoms with Gasteiger partial charge in [0, 0.05) is 5.41 Å². The molecular weight excluding hydrogens is 479 g/mol. The lowest BCUT2D eigenvalue weighted by Gasteiger charge is -2.41. The van der Waals surface area contributed by atoms with E-state index in [-0.39, 0.29) is 17.5 Å². The number of nitrogens with zero attached hydrogens (tertiary/aromatic N) is 1. The van der Waals surface area contributed by atoms with Gasteiger partial charge in [-0.05, 0) is 85.2 Å². The highest BCUT2D eigenvalue weighted by molar-refractivity contribution is 5.50. The zero-order valence-corrected chi connectivity index (χ0v) is 23.5. The van der Waals surface area contributed by atoms with Crippen LogP contribution in [-0.4, -0.2) is 30.7 Å². The van der Waals surface area contributed by atoms with E-state index in [1.807, 2.05) is 18.2 Å². The lowest BCUT2D eigenvalue weighted by atomic mass is 9.66. The summed E-state index contributed by atoms with van der Waals surface area (Å²) in [5, 5.41) is 0. The molecule has 0 radical (unpaired) electrons. The van der Waals surface area contributed by atoms with Crippen LogP contribution in [0, 0.1) is 17.5 Å². The fourth-order valence-electron chi connectivity index (χ4n) is 6.03. The first kappa shape index (κ1) is 30.0. The minimum absolute atomic E-state index is 0.348. The predicted octanol–water partition coefficient (Wildman–Crippen LogP) is 9.44. The summed E-state index contributed by atoms with van der Waals surface area (Å²) in [7, 11) is 0. The topological polar surface area (TPSA) is 0 Å². The second-order valence-corrected chi connectivity index (χ2v) is 10.8. The Balaban J connectivity index is 2.11. The molecule has 0 spiro atoms. The fraction of sp³-hybridized carbons (Fsp3) is 0.471. The zero-order chi connectivity index (χ0) is 27.4. The van der Waals surface area contributed by atoms with Crippen LogP contribution in [0.5, 0.6) is 0 Å². The van der Waals surface area contributed by atoms with Crippen LogP contribution in [0.15, 0.2) is 72.8 Å². The summed E-state index contributed by atoms with van der Waals surface area (Å²) in [6.07, 6.45) is 8.56. The summed E-state index contributed by atoms with van der Waals surface area (Å²) < 4.78 is 45.1. The molecule has 3 rings (SSSR count). The summed E-state index contributed by atoms with van der Waals surface area (Å²) in [5.41, 5.74) is 1.30. The largest absolute Gasteiger partial charge is 0.324 e. The number of halogens is 3. The average molecular weight is 525 g/mol. The van der Waals surface area contributed by atoms with E-state index < -0.39 is 5.41 Å². The van der Waals surface area contributed by atoms with Crippen LogP contribution in [0.3, 0.4) is 0 Å². The lowest BCUT2D eigenvalue weighted by molar-refractivity contribution is -0.929. The van der Waals surface area contributed by atoms with Gasteiger partial charge in [-0.2, -0.15) is 0 Å².